The second kappa shape index (κ2) is 7.54. The summed E-state index contributed by atoms with van der Waals surface area (Å²) in [6, 6.07) is 2.12. The summed E-state index contributed by atoms with van der Waals surface area (Å²) in [6.07, 6.45) is 1.11. The molecule has 1 aromatic heterocycles. The highest BCUT2D eigenvalue weighted by atomic mass is 15.3. The van der Waals surface area contributed by atoms with Gasteiger partial charge in [-0.25, -0.2) is 0 Å². The van der Waals surface area contributed by atoms with Gasteiger partial charge in [0.2, 0.25) is 0 Å². The van der Waals surface area contributed by atoms with Crippen molar-refractivity contribution in [2.24, 2.45) is 17.6 Å². The molecule has 4 heteroatoms. The number of hydrogen-bond donors (Lipinski definition) is 2. The van der Waals surface area contributed by atoms with E-state index in [1.54, 1.807) is 0 Å². The monoisotopic (exact) mass is 252 g/mol. The molecule has 0 radical (unpaired) electrons. The number of nitrogens with two attached hydrogens (primary N) is 1. The largest absolute Gasteiger partial charge is 0.330 e. The molecule has 1 unspecified atom stereocenters. The highest BCUT2D eigenvalue weighted by molar-refractivity contribution is 5.06. The molecule has 1 atom stereocenters. The topological polar surface area (TPSA) is 55.9 Å². The van der Waals surface area contributed by atoms with E-state index >= 15 is 0 Å². The summed E-state index contributed by atoms with van der Waals surface area (Å²) in [5.74, 6) is 1.23. The van der Waals surface area contributed by atoms with Crippen LogP contribution in [0.25, 0.3) is 0 Å². The Morgan fingerprint density at radius 1 is 1.39 bits per heavy atom. The average Bonchev–Trinajstić information content (AvgIpc) is 2.62. The van der Waals surface area contributed by atoms with Gasteiger partial charge in [0.15, 0.2) is 0 Å². The van der Waals surface area contributed by atoms with Crippen LogP contribution in [0.3, 0.4) is 0 Å². The minimum atomic E-state index is 0.582. The quantitative estimate of drug-likeness (QED) is 0.693. The van der Waals surface area contributed by atoms with Crippen molar-refractivity contribution in [1.82, 2.24) is 15.1 Å². The molecular formula is C14H28N4. The molecule has 0 aliphatic carbocycles. The summed E-state index contributed by atoms with van der Waals surface area (Å²) >= 11 is 0. The standard InChI is InChI=1S/C14H28N4/c1-11(2)14(9-15)10-16-6-5-7-18-13(4)8-12(3)17-18/h8,11,14,16H,5-7,9-10,15H2,1-4H3. The molecule has 0 aliphatic rings. The van der Waals surface area contributed by atoms with Crippen LogP contribution in [-0.2, 0) is 6.54 Å². The Balaban J connectivity index is 2.17. The van der Waals surface area contributed by atoms with Crippen LogP contribution >= 0.6 is 0 Å². The molecular weight excluding hydrogens is 224 g/mol. The maximum absolute atomic E-state index is 5.75. The first-order valence-electron chi connectivity index (χ1n) is 6.96. The first-order chi connectivity index (χ1) is 8.54. The van der Waals surface area contributed by atoms with Crippen LogP contribution < -0.4 is 11.1 Å². The van der Waals surface area contributed by atoms with Gasteiger partial charge in [-0.3, -0.25) is 4.68 Å². The average molecular weight is 252 g/mol. The molecule has 1 heterocycles. The minimum absolute atomic E-state index is 0.582. The van der Waals surface area contributed by atoms with Gasteiger partial charge in [0.05, 0.1) is 5.69 Å². The minimum Gasteiger partial charge on any atom is -0.330 e. The van der Waals surface area contributed by atoms with Gasteiger partial charge in [-0.15, -0.1) is 0 Å². The first kappa shape index (κ1) is 15.2. The molecule has 4 nitrogen and oxygen atoms in total. The zero-order valence-corrected chi connectivity index (χ0v) is 12.2. The van der Waals surface area contributed by atoms with Crippen molar-refractivity contribution < 1.29 is 0 Å². The van der Waals surface area contributed by atoms with E-state index in [4.69, 9.17) is 5.73 Å². The fourth-order valence-electron chi connectivity index (χ4n) is 2.13. The highest BCUT2D eigenvalue weighted by Gasteiger charge is 2.10. The molecule has 0 bridgehead atoms. The number of hydrogen-bond acceptors (Lipinski definition) is 3. The van der Waals surface area contributed by atoms with Crippen LogP contribution in [0.5, 0.6) is 0 Å². The second-order valence-corrected chi connectivity index (χ2v) is 5.45. The Labute approximate surface area is 111 Å². The molecule has 0 spiro atoms. The van der Waals surface area contributed by atoms with Gasteiger partial charge in [-0.1, -0.05) is 13.8 Å². The summed E-state index contributed by atoms with van der Waals surface area (Å²) in [6.45, 7) is 12.4. The lowest BCUT2D eigenvalue weighted by Gasteiger charge is -2.19. The smallest absolute Gasteiger partial charge is 0.0596 e. The van der Waals surface area contributed by atoms with Crippen molar-refractivity contribution in [2.45, 2.75) is 40.7 Å². The zero-order chi connectivity index (χ0) is 13.5. The molecule has 104 valence electrons. The van der Waals surface area contributed by atoms with Crippen LogP contribution in [0.2, 0.25) is 0 Å². The summed E-state index contributed by atoms with van der Waals surface area (Å²) in [5, 5.41) is 7.95. The third-order valence-corrected chi connectivity index (χ3v) is 3.48. The van der Waals surface area contributed by atoms with Crippen LogP contribution in [-0.4, -0.2) is 29.4 Å². The lowest BCUT2D eigenvalue weighted by atomic mass is 9.96. The van der Waals surface area contributed by atoms with Crippen molar-refractivity contribution in [3.63, 3.8) is 0 Å². The van der Waals surface area contributed by atoms with Crippen LogP contribution in [0, 0.1) is 25.7 Å². The second-order valence-electron chi connectivity index (χ2n) is 5.45. The Morgan fingerprint density at radius 2 is 2.11 bits per heavy atom. The van der Waals surface area contributed by atoms with Gasteiger partial charge in [-0.05, 0) is 57.8 Å². The maximum atomic E-state index is 5.75. The van der Waals surface area contributed by atoms with Gasteiger partial charge in [0.25, 0.3) is 0 Å². The lowest BCUT2D eigenvalue weighted by Crippen LogP contribution is -2.32. The van der Waals surface area contributed by atoms with Gasteiger partial charge in [-0.2, -0.15) is 5.10 Å². The van der Waals surface area contributed by atoms with E-state index in [0.29, 0.717) is 11.8 Å². The predicted molar refractivity (Wildman–Crippen MR) is 76.6 cm³/mol. The Kier molecular flexibility index (Phi) is 6.36. The van der Waals surface area contributed by atoms with E-state index < -0.39 is 0 Å². The number of aryl methyl sites for hydroxylation is 3. The molecule has 0 saturated carbocycles. The summed E-state index contributed by atoms with van der Waals surface area (Å²) < 4.78 is 2.08. The lowest BCUT2D eigenvalue weighted by molar-refractivity contribution is 0.367. The molecule has 1 rings (SSSR count). The van der Waals surface area contributed by atoms with Crippen molar-refractivity contribution in [3.8, 4) is 0 Å². The van der Waals surface area contributed by atoms with Crippen molar-refractivity contribution in [3.05, 3.63) is 17.5 Å². The molecule has 3 N–H and O–H groups in total. The molecule has 0 fully saturated rings. The van der Waals surface area contributed by atoms with Crippen LogP contribution in [0.15, 0.2) is 6.07 Å². The Hall–Kier alpha value is -0.870. The van der Waals surface area contributed by atoms with E-state index in [1.165, 1.54) is 5.69 Å². The SMILES string of the molecule is Cc1cc(C)n(CCCNCC(CN)C(C)C)n1. The molecule has 0 aliphatic heterocycles. The third-order valence-electron chi connectivity index (χ3n) is 3.48. The summed E-state index contributed by atoms with van der Waals surface area (Å²) in [5.41, 5.74) is 8.09. The van der Waals surface area contributed by atoms with Crippen LogP contribution in [0.1, 0.15) is 31.7 Å². The van der Waals surface area contributed by atoms with E-state index in [-0.39, 0.29) is 0 Å². The molecule has 1 aromatic rings. The van der Waals surface area contributed by atoms with Gasteiger partial charge >= 0.3 is 0 Å². The zero-order valence-electron chi connectivity index (χ0n) is 12.2. The van der Waals surface area contributed by atoms with Gasteiger partial charge in [0.1, 0.15) is 0 Å². The third kappa shape index (κ3) is 4.78. The Bertz CT molecular complexity index is 344. The van der Waals surface area contributed by atoms with Gasteiger partial charge < -0.3 is 11.1 Å². The highest BCUT2D eigenvalue weighted by Crippen LogP contribution is 2.07. The van der Waals surface area contributed by atoms with E-state index in [1.807, 2.05) is 6.92 Å². The summed E-state index contributed by atoms with van der Waals surface area (Å²) in [7, 11) is 0. The van der Waals surface area contributed by atoms with Crippen molar-refractivity contribution in [1.29, 1.82) is 0 Å². The molecule has 0 saturated heterocycles. The number of nitrogens with zero attached hydrogens (tertiary/aromatic N) is 2. The van der Waals surface area contributed by atoms with E-state index in [0.717, 1.165) is 38.3 Å². The van der Waals surface area contributed by atoms with Crippen LogP contribution in [0.4, 0.5) is 0 Å². The number of aromatic nitrogens is 2. The van der Waals surface area contributed by atoms with Crippen molar-refractivity contribution in [2.75, 3.05) is 19.6 Å². The maximum Gasteiger partial charge on any atom is 0.0596 e. The Morgan fingerprint density at radius 3 is 2.61 bits per heavy atom. The molecule has 0 aromatic carbocycles. The summed E-state index contributed by atoms with van der Waals surface area (Å²) in [4.78, 5) is 0. The van der Waals surface area contributed by atoms with E-state index in [9.17, 15) is 0 Å². The van der Waals surface area contributed by atoms with E-state index in [2.05, 4.69) is 41.9 Å². The fraction of sp³-hybridized carbons (Fsp3) is 0.786. The number of rotatable bonds is 8. The number of nitrogens with one attached hydrogen (secondary N) is 1. The van der Waals surface area contributed by atoms with Gasteiger partial charge in [0, 0.05) is 12.2 Å². The predicted octanol–water partition coefficient (Wildman–Crippen LogP) is 1.71. The first-order valence-corrected chi connectivity index (χ1v) is 6.96. The molecule has 0 amide bonds. The van der Waals surface area contributed by atoms with Crippen molar-refractivity contribution >= 4 is 0 Å². The normalized spacial score (nSPS) is 13.2. The fourth-order valence-corrected chi connectivity index (χ4v) is 2.13. The molecule has 18 heavy (non-hydrogen) atoms.